The maximum absolute atomic E-state index is 13.7. The lowest BCUT2D eigenvalue weighted by molar-refractivity contribution is -0.131. The van der Waals surface area contributed by atoms with Gasteiger partial charge in [-0.2, -0.15) is 0 Å². The van der Waals surface area contributed by atoms with Crippen LogP contribution in [0.1, 0.15) is 55.9 Å². The molecular weight excluding hydrogens is 538 g/mol. The fraction of sp³-hybridized carbons (Fsp3) is 0.500. The van der Waals surface area contributed by atoms with Crippen molar-refractivity contribution in [1.29, 1.82) is 0 Å². The van der Waals surface area contributed by atoms with Crippen LogP contribution in [0.5, 0.6) is 11.5 Å². The zero-order chi connectivity index (χ0) is 28.9. The lowest BCUT2D eigenvalue weighted by atomic mass is 10.2. The molecule has 1 N–H and O–H groups in total. The van der Waals surface area contributed by atoms with Crippen LogP contribution < -0.4 is 14.2 Å². The first-order chi connectivity index (χ1) is 19.2. The molecule has 4 rings (SSSR count). The molecule has 1 amide bonds. The van der Waals surface area contributed by atoms with Gasteiger partial charge < -0.3 is 19.1 Å². The largest absolute Gasteiger partial charge is 0.494 e. The van der Waals surface area contributed by atoms with Crippen molar-refractivity contribution in [2.45, 2.75) is 57.4 Å². The Bertz CT molecular complexity index is 1410. The monoisotopic (exact) mass is 573 g/mol. The summed E-state index contributed by atoms with van der Waals surface area (Å²) in [7, 11) is 0.266. The minimum absolute atomic E-state index is 0.0100. The number of ether oxygens (including phenoxy) is 3. The number of para-hydroxylation sites is 1. The van der Waals surface area contributed by atoms with Gasteiger partial charge in [0.15, 0.2) is 11.6 Å². The van der Waals surface area contributed by atoms with Crippen LogP contribution in [0.2, 0.25) is 0 Å². The van der Waals surface area contributed by atoms with Crippen molar-refractivity contribution in [3.8, 4) is 17.2 Å². The van der Waals surface area contributed by atoms with Gasteiger partial charge in [-0.1, -0.05) is 12.5 Å². The number of carbonyl (C=O) groups excluding carboxylic acids is 1. The Balaban J connectivity index is 1.77. The number of methoxy groups -OCH3 is 3. The van der Waals surface area contributed by atoms with E-state index in [1.165, 1.54) is 32.8 Å². The lowest BCUT2D eigenvalue weighted by Crippen LogP contribution is -2.34. The first kappa shape index (κ1) is 29.2. The van der Waals surface area contributed by atoms with E-state index in [4.69, 9.17) is 14.2 Å². The molecule has 1 aromatic carbocycles. The number of nitrogens with one attached hydrogen (secondary N) is 1. The van der Waals surface area contributed by atoms with Crippen LogP contribution >= 0.6 is 0 Å². The fourth-order valence-electron chi connectivity index (χ4n) is 4.59. The molecule has 40 heavy (non-hydrogen) atoms. The molecule has 0 saturated carbocycles. The number of sulfonamides is 1. The SMILES string of the molecule is COc1cccc(OC)c1-n1c(CN2CCCCCC2=O)nnc1NS(=O)(=O)[C@@H](C)[C@H](OC)c1ncc(C)cn1. The summed E-state index contributed by atoms with van der Waals surface area (Å²) in [4.78, 5) is 23.0. The van der Waals surface area contributed by atoms with E-state index in [-0.39, 0.29) is 24.2 Å². The smallest absolute Gasteiger partial charge is 0.243 e. The van der Waals surface area contributed by atoms with Crippen LogP contribution in [0.3, 0.4) is 0 Å². The van der Waals surface area contributed by atoms with E-state index < -0.39 is 21.4 Å². The number of aromatic nitrogens is 5. The Hall–Kier alpha value is -3.78. The second-order valence-corrected chi connectivity index (χ2v) is 11.6. The molecule has 3 aromatic rings. The third kappa shape index (κ3) is 6.17. The molecule has 13 nitrogen and oxygen atoms in total. The number of rotatable bonds is 11. The summed E-state index contributed by atoms with van der Waals surface area (Å²) in [6.07, 6.45) is 5.35. The van der Waals surface area contributed by atoms with Crippen molar-refractivity contribution in [3.05, 3.63) is 47.8 Å². The quantitative estimate of drug-likeness (QED) is 0.363. The molecule has 14 heteroatoms. The molecule has 216 valence electrons. The van der Waals surface area contributed by atoms with Gasteiger partial charge in [0.05, 0.1) is 20.8 Å². The summed E-state index contributed by atoms with van der Waals surface area (Å²) in [6, 6.07) is 5.19. The molecule has 0 unspecified atom stereocenters. The number of amides is 1. The number of aryl methyl sites for hydroxylation is 1. The maximum atomic E-state index is 13.7. The summed E-state index contributed by atoms with van der Waals surface area (Å²) in [5.74, 6) is 1.30. The normalized spacial score (nSPS) is 15.8. The Labute approximate surface area is 233 Å². The van der Waals surface area contributed by atoms with Crippen LogP contribution in [0.15, 0.2) is 30.6 Å². The number of anilines is 1. The highest BCUT2D eigenvalue weighted by Crippen LogP contribution is 2.36. The molecule has 2 atom stereocenters. The van der Waals surface area contributed by atoms with Gasteiger partial charge in [0.25, 0.3) is 0 Å². The number of hydrogen-bond donors (Lipinski definition) is 1. The van der Waals surface area contributed by atoms with E-state index in [0.29, 0.717) is 36.0 Å². The minimum atomic E-state index is -4.13. The summed E-state index contributed by atoms with van der Waals surface area (Å²) in [5.41, 5.74) is 1.23. The molecule has 0 bridgehead atoms. The van der Waals surface area contributed by atoms with Crippen molar-refractivity contribution in [2.24, 2.45) is 0 Å². The number of carbonyl (C=O) groups is 1. The topological polar surface area (TPSA) is 151 Å². The average Bonchev–Trinajstić information content (AvgIpc) is 3.20. The number of nitrogens with zero attached hydrogens (tertiary/aromatic N) is 6. The fourth-order valence-corrected chi connectivity index (χ4v) is 5.72. The Morgan fingerprint density at radius 1 is 1.02 bits per heavy atom. The Kier molecular flexibility index (Phi) is 9.20. The predicted molar refractivity (Wildman–Crippen MR) is 147 cm³/mol. The predicted octanol–water partition coefficient (Wildman–Crippen LogP) is 2.80. The van der Waals surface area contributed by atoms with Crippen LogP contribution in [0.4, 0.5) is 5.95 Å². The highest BCUT2D eigenvalue weighted by Gasteiger charge is 2.35. The first-order valence-electron chi connectivity index (χ1n) is 13.0. The molecule has 2 aromatic heterocycles. The van der Waals surface area contributed by atoms with Gasteiger partial charge in [0, 0.05) is 32.5 Å². The lowest BCUT2D eigenvalue weighted by Gasteiger charge is -2.24. The van der Waals surface area contributed by atoms with Gasteiger partial charge >= 0.3 is 0 Å². The molecule has 1 saturated heterocycles. The van der Waals surface area contributed by atoms with Crippen molar-refractivity contribution < 1.29 is 27.4 Å². The summed E-state index contributed by atoms with van der Waals surface area (Å²) < 4.78 is 48.2. The summed E-state index contributed by atoms with van der Waals surface area (Å²) in [5, 5.41) is 7.39. The summed E-state index contributed by atoms with van der Waals surface area (Å²) in [6.45, 7) is 4.03. The van der Waals surface area contributed by atoms with Crippen molar-refractivity contribution in [3.63, 3.8) is 0 Å². The Morgan fingerprint density at radius 2 is 1.70 bits per heavy atom. The highest BCUT2D eigenvalue weighted by molar-refractivity contribution is 7.93. The molecule has 1 fully saturated rings. The molecule has 1 aliphatic heterocycles. The van der Waals surface area contributed by atoms with Gasteiger partial charge in [0.1, 0.15) is 28.5 Å². The van der Waals surface area contributed by atoms with Gasteiger partial charge in [0.2, 0.25) is 21.9 Å². The second kappa shape index (κ2) is 12.6. The zero-order valence-corrected chi connectivity index (χ0v) is 24.1. The Morgan fingerprint density at radius 3 is 2.33 bits per heavy atom. The maximum Gasteiger partial charge on any atom is 0.243 e. The van der Waals surface area contributed by atoms with Gasteiger partial charge in [-0.05, 0) is 44.4 Å². The molecule has 0 aliphatic carbocycles. The summed E-state index contributed by atoms with van der Waals surface area (Å²) >= 11 is 0. The average molecular weight is 574 g/mol. The third-order valence-corrected chi connectivity index (χ3v) is 8.51. The first-order valence-corrected chi connectivity index (χ1v) is 14.5. The van der Waals surface area contributed by atoms with Crippen LogP contribution in [0, 0.1) is 6.92 Å². The van der Waals surface area contributed by atoms with Gasteiger partial charge in [-0.15, -0.1) is 10.2 Å². The molecule has 1 aliphatic rings. The van der Waals surface area contributed by atoms with Gasteiger partial charge in [-0.25, -0.2) is 18.4 Å². The van der Waals surface area contributed by atoms with Gasteiger partial charge in [-0.3, -0.25) is 14.1 Å². The second-order valence-electron chi connectivity index (χ2n) is 9.54. The number of likely N-dealkylation sites (tertiary alicyclic amines) is 1. The van der Waals surface area contributed by atoms with Crippen LogP contribution in [-0.2, 0) is 26.1 Å². The van der Waals surface area contributed by atoms with Crippen molar-refractivity contribution in [2.75, 3.05) is 32.6 Å². The van der Waals surface area contributed by atoms with E-state index >= 15 is 0 Å². The van der Waals surface area contributed by atoms with Crippen LogP contribution in [0.25, 0.3) is 5.69 Å². The zero-order valence-electron chi connectivity index (χ0n) is 23.3. The van der Waals surface area contributed by atoms with E-state index in [1.807, 2.05) is 6.92 Å². The number of hydrogen-bond acceptors (Lipinski definition) is 10. The van der Waals surface area contributed by atoms with Crippen molar-refractivity contribution >= 4 is 21.9 Å². The van der Waals surface area contributed by atoms with E-state index in [1.54, 1.807) is 35.5 Å². The van der Waals surface area contributed by atoms with Crippen LogP contribution in [-0.4, -0.2) is 77.1 Å². The molecule has 3 heterocycles. The van der Waals surface area contributed by atoms with E-state index in [0.717, 1.165) is 24.8 Å². The van der Waals surface area contributed by atoms with E-state index in [9.17, 15) is 13.2 Å². The van der Waals surface area contributed by atoms with E-state index in [2.05, 4.69) is 24.9 Å². The molecule has 0 spiro atoms. The standard InChI is InChI=1S/C26H35N7O6S/c1-17-14-27-25(28-15-17)24(39-5)18(2)40(35,36)31-26-30-29-21(16-32-13-8-6-7-12-22(32)34)33(26)23-19(37-3)10-9-11-20(23)38-4/h9-11,14-15,18,24H,6-8,12-13,16H2,1-5H3,(H,30,31)/t18-,24-/m0/s1. The third-order valence-electron chi connectivity index (χ3n) is 6.82. The minimum Gasteiger partial charge on any atom is -0.494 e. The molecule has 0 radical (unpaired) electrons. The molecular formula is C26H35N7O6S. The van der Waals surface area contributed by atoms with Crippen molar-refractivity contribution in [1.82, 2.24) is 29.6 Å². The highest BCUT2D eigenvalue weighted by atomic mass is 32.2. The number of benzene rings is 1.